The van der Waals surface area contributed by atoms with Crippen molar-refractivity contribution in [1.29, 1.82) is 0 Å². The third-order valence-corrected chi connectivity index (χ3v) is 4.93. The van der Waals surface area contributed by atoms with Crippen molar-refractivity contribution in [2.75, 3.05) is 4.43 Å². The Kier molecular flexibility index (Phi) is 3.85. The van der Waals surface area contributed by atoms with Gasteiger partial charge in [-0.2, -0.15) is 0 Å². The van der Waals surface area contributed by atoms with Gasteiger partial charge in [0, 0.05) is 16.9 Å². The van der Waals surface area contributed by atoms with Gasteiger partial charge in [0.25, 0.3) is 0 Å². The third-order valence-electron chi connectivity index (χ3n) is 2.74. The van der Waals surface area contributed by atoms with E-state index in [1.165, 1.54) is 23.6 Å². The van der Waals surface area contributed by atoms with Gasteiger partial charge in [-0.15, -0.1) is 11.8 Å². The molecule has 2 aliphatic rings. The predicted octanol–water partition coefficient (Wildman–Crippen LogP) is 0.528. The molecule has 2 atom stereocenters. The van der Waals surface area contributed by atoms with Crippen molar-refractivity contribution >= 4 is 52.1 Å². The summed E-state index contributed by atoms with van der Waals surface area (Å²) in [6.45, 7) is 1.39. The summed E-state index contributed by atoms with van der Waals surface area (Å²) in [6.07, 6.45) is 0.325. The van der Waals surface area contributed by atoms with E-state index in [1.807, 2.05) is 22.6 Å². The van der Waals surface area contributed by atoms with Crippen LogP contribution in [0.25, 0.3) is 0 Å². The molecule has 0 radical (unpaired) electrons. The van der Waals surface area contributed by atoms with Crippen LogP contribution in [0.15, 0.2) is 11.3 Å². The molecule has 0 bridgehead atoms. The number of carbonyl (C=O) groups excluding carboxylic acids is 2. The van der Waals surface area contributed by atoms with Crippen molar-refractivity contribution in [2.45, 2.75) is 24.1 Å². The molecule has 2 amide bonds. The first-order valence-corrected chi connectivity index (χ1v) is 7.69. The van der Waals surface area contributed by atoms with Crippen LogP contribution in [-0.2, 0) is 14.4 Å². The first kappa shape index (κ1) is 13.7. The molecule has 0 aromatic heterocycles. The molecule has 2 rings (SSSR count). The minimum Gasteiger partial charge on any atom is -0.477 e. The highest BCUT2D eigenvalue weighted by Crippen LogP contribution is 2.43. The van der Waals surface area contributed by atoms with Crippen LogP contribution in [0.3, 0.4) is 0 Å². The van der Waals surface area contributed by atoms with Gasteiger partial charge < -0.3 is 10.4 Å². The van der Waals surface area contributed by atoms with E-state index in [1.54, 1.807) is 0 Å². The number of hydrogen-bond donors (Lipinski definition) is 2. The fourth-order valence-corrected chi connectivity index (χ4v) is 4.55. The Morgan fingerprint density at radius 2 is 2.28 bits per heavy atom. The van der Waals surface area contributed by atoms with Gasteiger partial charge in [0.2, 0.25) is 11.8 Å². The van der Waals surface area contributed by atoms with Crippen LogP contribution in [0.2, 0.25) is 0 Å². The molecule has 6 nitrogen and oxygen atoms in total. The van der Waals surface area contributed by atoms with Gasteiger partial charge in [0.15, 0.2) is 0 Å². The van der Waals surface area contributed by atoms with Crippen molar-refractivity contribution in [3.8, 4) is 0 Å². The predicted molar refractivity (Wildman–Crippen MR) is 74.0 cm³/mol. The second kappa shape index (κ2) is 5.08. The Bertz CT molecular complexity index is 465. The van der Waals surface area contributed by atoms with Crippen molar-refractivity contribution < 1.29 is 19.5 Å². The summed E-state index contributed by atoms with van der Waals surface area (Å²) in [7, 11) is 0. The Morgan fingerprint density at radius 3 is 2.72 bits per heavy atom. The number of carboxylic acids is 1. The van der Waals surface area contributed by atoms with Crippen molar-refractivity contribution in [3.05, 3.63) is 11.3 Å². The van der Waals surface area contributed by atoms with Crippen LogP contribution in [0, 0.1) is 0 Å². The number of β-lactam (4-membered cyclic amide) rings is 1. The number of aliphatic carboxylic acids is 1. The minimum absolute atomic E-state index is 0.0307. The summed E-state index contributed by atoms with van der Waals surface area (Å²) >= 11 is 3.46. The second-order valence-electron chi connectivity index (χ2n) is 3.95. The molecule has 8 heteroatoms. The lowest BCUT2D eigenvalue weighted by molar-refractivity contribution is -0.146. The first-order chi connectivity index (χ1) is 8.45. The molecule has 1 saturated heterocycles. The third kappa shape index (κ3) is 2.22. The molecule has 18 heavy (non-hydrogen) atoms. The maximum Gasteiger partial charge on any atom is 0.352 e. The van der Waals surface area contributed by atoms with E-state index < -0.39 is 5.97 Å². The van der Waals surface area contributed by atoms with Gasteiger partial charge in [-0.25, -0.2) is 4.79 Å². The summed E-state index contributed by atoms with van der Waals surface area (Å²) in [5.41, 5.74) is 0.607. The van der Waals surface area contributed by atoms with E-state index in [9.17, 15) is 19.5 Å². The van der Waals surface area contributed by atoms with Gasteiger partial charge in [-0.1, -0.05) is 22.6 Å². The maximum atomic E-state index is 11.5. The van der Waals surface area contributed by atoms with Crippen LogP contribution in [0.4, 0.5) is 0 Å². The van der Waals surface area contributed by atoms with Gasteiger partial charge in [-0.3, -0.25) is 14.5 Å². The molecule has 0 saturated carbocycles. The highest BCUT2D eigenvalue weighted by Gasteiger charge is 2.48. The molecular weight excluding hydrogens is 371 g/mol. The molecule has 2 N–H and O–H groups in total. The molecule has 1 fully saturated rings. The summed E-state index contributed by atoms with van der Waals surface area (Å²) in [6, 6.07) is 0. The summed E-state index contributed by atoms with van der Waals surface area (Å²) in [5, 5.41) is 11.4. The highest BCUT2D eigenvalue weighted by molar-refractivity contribution is 14.1. The zero-order valence-electron chi connectivity index (χ0n) is 9.47. The van der Waals surface area contributed by atoms with E-state index in [2.05, 4.69) is 5.32 Å². The average Bonchev–Trinajstić information content (AvgIpc) is 2.26. The van der Waals surface area contributed by atoms with Crippen LogP contribution in [-0.4, -0.2) is 43.0 Å². The second-order valence-corrected chi connectivity index (χ2v) is 6.00. The number of amides is 2. The molecule has 0 spiro atoms. The molecule has 0 aromatic rings. The molecule has 98 valence electrons. The lowest BCUT2D eigenvalue weighted by Gasteiger charge is -2.46. The zero-order valence-corrected chi connectivity index (χ0v) is 12.4. The zero-order chi connectivity index (χ0) is 13.4. The van der Waals surface area contributed by atoms with Gasteiger partial charge >= 0.3 is 5.97 Å². The number of fused-ring (bicyclic) bond motifs is 1. The van der Waals surface area contributed by atoms with Crippen LogP contribution in [0.1, 0.15) is 13.3 Å². The number of alkyl halides is 1. The number of halogens is 1. The molecule has 0 aromatic carbocycles. The van der Waals surface area contributed by atoms with Gasteiger partial charge in [-0.05, 0) is 0 Å². The van der Waals surface area contributed by atoms with Crippen molar-refractivity contribution in [3.63, 3.8) is 0 Å². The molecular formula is C10H11IN2O4S. The van der Waals surface area contributed by atoms with E-state index in [0.29, 0.717) is 16.4 Å². The molecule has 2 aliphatic heterocycles. The van der Waals surface area contributed by atoms with E-state index in [-0.39, 0.29) is 28.3 Å². The lowest BCUT2D eigenvalue weighted by Crippen LogP contribution is -2.57. The smallest absolute Gasteiger partial charge is 0.352 e. The number of nitrogens with one attached hydrogen (secondary N) is 1. The van der Waals surface area contributed by atoms with E-state index in [4.69, 9.17) is 0 Å². The highest BCUT2D eigenvalue weighted by atomic mass is 127. The SMILES string of the molecule is CC(=O)NC1S[C@@H]2CC(=O)N2C(C(=O)O)=C1CI. The Hall–Kier alpha value is -0.770. The van der Waals surface area contributed by atoms with Gasteiger partial charge in [0.05, 0.1) is 11.8 Å². The largest absolute Gasteiger partial charge is 0.477 e. The van der Waals surface area contributed by atoms with Crippen molar-refractivity contribution in [1.82, 2.24) is 10.2 Å². The van der Waals surface area contributed by atoms with E-state index in [0.717, 1.165) is 0 Å². The number of rotatable bonds is 3. The quantitative estimate of drug-likeness (QED) is 0.423. The fourth-order valence-electron chi connectivity index (χ4n) is 1.96. The average molecular weight is 382 g/mol. The molecule has 2 heterocycles. The van der Waals surface area contributed by atoms with Crippen LogP contribution >= 0.6 is 34.4 Å². The standard InChI is InChI=1S/C10H11IN2O4S/c1-4(14)12-9-5(3-11)8(10(16)17)13-6(15)2-7(13)18-9/h7,9H,2-3H2,1H3,(H,12,14)(H,16,17)/t7-,9?/m1/s1. The summed E-state index contributed by atoms with van der Waals surface area (Å²) in [5.74, 6) is -1.50. The number of thioether (sulfide) groups is 1. The Balaban J connectivity index is 2.40. The van der Waals surface area contributed by atoms with Crippen molar-refractivity contribution in [2.24, 2.45) is 0 Å². The number of carbonyl (C=O) groups is 3. The van der Waals surface area contributed by atoms with E-state index >= 15 is 0 Å². The normalized spacial score (nSPS) is 26.6. The molecule has 1 unspecified atom stereocenters. The summed E-state index contributed by atoms with van der Waals surface area (Å²) in [4.78, 5) is 35.3. The minimum atomic E-state index is -1.12. The fraction of sp³-hybridized carbons (Fsp3) is 0.500. The molecule has 0 aliphatic carbocycles. The van der Waals surface area contributed by atoms with Gasteiger partial charge in [0.1, 0.15) is 11.1 Å². The lowest BCUT2D eigenvalue weighted by atomic mass is 10.1. The maximum absolute atomic E-state index is 11.5. The monoisotopic (exact) mass is 382 g/mol. The topological polar surface area (TPSA) is 86.7 Å². The summed E-state index contributed by atoms with van der Waals surface area (Å²) < 4.78 is 0.452. The van der Waals surface area contributed by atoms with Crippen LogP contribution < -0.4 is 5.32 Å². The number of nitrogens with zero attached hydrogens (tertiary/aromatic N) is 1. The first-order valence-electron chi connectivity index (χ1n) is 5.22. The number of hydrogen-bond acceptors (Lipinski definition) is 4. The Morgan fingerprint density at radius 1 is 1.61 bits per heavy atom. The van der Waals surface area contributed by atoms with Crippen LogP contribution in [0.5, 0.6) is 0 Å². The Labute approximate surface area is 121 Å². The number of carboxylic acid groups (broad SMARTS) is 1.